The van der Waals surface area contributed by atoms with Gasteiger partial charge in [-0.3, -0.25) is 4.18 Å². The molecule has 0 aliphatic heterocycles. The Labute approximate surface area is 96.6 Å². The van der Waals surface area contributed by atoms with E-state index in [-0.39, 0.29) is 0 Å². The van der Waals surface area contributed by atoms with Gasteiger partial charge >= 0.3 is 6.18 Å². The molecule has 0 aliphatic carbocycles. The van der Waals surface area contributed by atoms with Crippen molar-refractivity contribution in [2.24, 2.45) is 0 Å². The molecule has 1 aromatic rings. The molecular formula is C10H9F3O3S. The third-order valence-electron chi connectivity index (χ3n) is 1.61. The molecule has 17 heavy (non-hydrogen) atoms. The second kappa shape index (κ2) is 5.33. The Morgan fingerprint density at radius 3 is 2.29 bits per heavy atom. The van der Waals surface area contributed by atoms with E-state index in [2.05, 4.69) is 4.18 Å². The average molecular weight is 266 g/mol. The molecule has 0 radical (unpaired) electrons. The quantitative estimate of drug-likeness (QED) is 0.787. The summed E-state index contributed by atoms with van der Waals surface area (Å²) in [7, 11) is -4.31. The van der Waals surface area contributed by atoms with E-state index >= 15 is 0 Å². The molecule has 0 saturated heterocycles. The van der Waals surface area contributed by atoms with Crippen LogP contribution in [0.25, 0.3) is 6.08 Å². The van der Waals surface area contributed by atoms with E-state index in [1.807, 2.05) is 0 Å². The van der Waals surface area contributed by atoms with Crippen molar-refractivity contribution in [2.45, 2.75) is 6.18 Å². The fraction of sp³-hybridized carbons (Fsp3) is 0.200. The largest absolute Gasteiger partial charge is 0.413 e. The molecule has 0 N–H and O–H groups in total. The molecule has 0 spiro atoms. The molecule has 0 aromatic heterocycles. The second-order valence-corrected chi connectivity index (χ2v) is 4.58. The molecule has 7 heteroatoms. The van der Waals surface area contributed by atoms with E-state index in [1.54, 1.807) is 30.3 Å². The highest BCUT2D eigenvalue weighted by molar-refractivity contribution is 7.89. The molecule has 0 fully saturated rings. The number of alkyl halides is 3. The zero-order chi connectivity index (χ0) is 12.9. The van der Waals surface area contributed by atoms with Gasteiger partial charge in [-0.15, -0.1) is 0 Å². The Kier molecular flexibility index (Phi) is 4.30. The van der Waals surface area contributed by atoms with E-state index in [0.29, 0.717) is 11.0 Å². The standard InChI is InChI=1S/C10H9F3O3S/c11-10(12,13)8-16-17(14,15)7-6-9-4-2-1-3-5-9/h1-7H,8H2/b7-6+. The van der Waals surface area contributed by atoms with Crippen LogP contribution in [0.4, 0.5) is 13.2 Å². The molecule has 94 valence electrons. The number of halogens is 3. The maximum absolute atomic E-state index is 11.7. The van der Waals surface area contributed by atoms with Crippen molar-refractivity contribution in [3.63, 3.8) is 0 Å². The fourth-order valence-corrected chi connectivity index (χ4v) is 1.61. The van der Waals surface area contributed by atoms with Crippen LogP contribution in [0.15, 0.2) is 35.7 Å². The van der Waals surface area contributed by atoms with Gasteiger partial charge < -0.3 is 0 Å². The fourth-order valence-electron chi connectivity index (χ4n) is 0.914. The summed E-state index contributed by atoms with van der Waals surface area (Å²) in [6.45, 7) is -1.82. The van der Waals surface area contributed by atoms with E-state index in [1.165, 1.54) is 0 Å². The maximum Gasteiger partial charge on any atom is 0.413 e. The summed E-state index contributed by atoms with van der Waals surface area (Å²) in [4.78, 5) is 0. The van der Waals surface area contributed by atoms with Crippen LogP contribution in [-0.2, 0) is 14.3 Å². The summed E-state index contributed by atoms with van der Waals surface area (Å²) >= 11 is 0. The Morgan fingerprint density at radius 2 is 1.76 bits per heavy atom. The minimum absolute atomic E-state index is 0.548. The Bertz CT molecular complexity index is 477. The van der Waals surface area contributed by atoms with Crippen LogP contribution in [0.5, 0.6) is 0 Å². The third kappa shape index (κ3) is 6.08. The third-order valence-corrected chi connectivity index (χ3v) is 2.53. The molecule has 1 aromatic carbocycles. The second-order valence-electron chi connectivity index (χ2n) is 3.08. The Balaban J connectivity index is 2.65. The van der Waals surface area contributed by atoms with Crippen molar-refractivity contribution >= 4 is 16.2 Å². The summed E-state index contributed by atoms with van der Waals surface area (Å²) in [6, 6.07) is 8.28. The lowest BCUT2D eigenvalue weighted by atomic mass is 10.2. The monoisotopic (exact) mass is 266 g/mol. The van der Waals surface area contributed by atoms with Crippen LogP contribution in [-0.4, -0.2) is 21.2 Å². The minimum atomic E-state index is -4.67. The average Bonchev–Trinajstić information content (AvgIpc) is 2.25. The Hall–Kier alpha value is -1.34. The van der Waals surface area contributed by atoms with Crippen molar-refractivity contribution in [2.75, 3.05) is 6.61 Å². The smallest absolute Gasteiger partial charge is 0.257 e. The van der Waals surface area contributed by atoms with Crippen LogP contribution in [0.3, 0.4) is 0 Å². The molecular weight excluding hydrogens is 257 g/mol. The number of rotatable bonds is 4. The van der Waals surface area contributed by atoms with Crippen LogP contribution in [0.1, 0.15) is 5.56 Å². The van der Waals surface area contributed by atoms with Crippen LogP contribution in [0.2, 0.25) is 0 Å². The lowest BCUT2D eigenvalue weighted by molar-refractivity contribution is -0.152. The van der Waals surface area contributed by atoms with Gasteiger partial charge in [0.25, 0.3) is 10.1 Å². The summed E-state index contributed by atoms with van der Waals surface area (Å²) in [5, 5.41) is 0.591. The normalized spacial score (nSPS) is 13.1. The van der Waals surface area contributed by atoms with Gasteiger partial charge in [-0.25, -0.2) is 0 Å². The van der Waals surface area contributed by atoms with Gasteiger partial charge in [-0.1, -0.05) is 30.3 Å². The van der Waals surface area contributed by atoms with E-state index in [9.17, 15) is 21.6 Å². The molecule has 0 atom stereocenters. The van der Waals surface area contributed by atoms with Crippen LogP contribution >= 0.6 is 0 Å². The van der Waals surface area contributed by atoms with Gasteiger partial charge in [-0.2, -0.15) is 21.6 Å². The van der Waals surface area contributed by atoms with Gasteiger partial charge in [0.1, 0.15) is 0 Å². The molecule has 0 saturated carbocycles. The van der Waals surface area contributed by atoms with Gasteiger partial charge in [0.2, 0.25) is 0 Å². The molecule has 0 bridgehead atoms. The molecule has 0 heterocycles. The molecule has 0 amide bonds. The zero-order valence-corrected chi connectivity index (χ0v) is 9.33. The van der Waals surface area contributed by atoms with Crippen LogP contribution < -0.4 is 0 Å². The highest BCUT2D eigenvalue weighted by atomic mass is 32.2. The van der Waals surface area contributed by atoms with E-state index in [0.717, 1.165) is 6.08 Å². The summed E-state index contributed by atoms with van der Waals surface area (Å²) < 4.78 is 61.1. The molecule has 0 unspecified atom stereocenters. The summed E-state index contributed by atoms with van der Waals surface area (Å²) in [5.74, 6) is 0. The molecule has 0 aliphatic rings. The topological polar surface area (TPSA) is 43.4 Å². The van der Waals surface area contributed by atoms with Gasteiger partial charge in [0.05, 0.1) is 5.41 Å². The Morgan fingerprint density at radius 1 is 1.18 bits per heavy atom. The van der Waals surface area contributed by atoms with Crippen LogP contribution in [0, 0.1) is 0 Å². The zero-order valence-electron chi connectivity index (χ0n) is 8.52. The summed E-state index contributed by atoms with van der Waals surface area (Å²) in [5.41, 5.74) is 0.548. The predicted octanol–water partition coefficient (Wildman–Crippen LogP) is 2.57. The first-order valence-corrected chi connectivity index (χ1v) is 5.95. The number of hydrogen-bond acceptors (Lipinski definition) is 3. The van der Waals surface area contributed by atoms with E-state index < -0.39 is 22.9 Å². The van der Waals surface area contributed by atoms with Crippen molar-refractivity contribution in [3.05, 3.63) is 41.3 Å². The van der Waals surface area contributed by atoms with E-state index in [4.69, 9.17) is 0 Å². The van der Waals surface area contributed by atoms with Gasteiger partial charge in [0.15, 0.2) is 6.61 Å². The van der Waals surface area contributed by atoms with Crippen molar-refractivity contribution in [1.82, 2.24) is 0 Å². The molecule has 3 nitrogen and oxygen atoms in total. The lowest BCUT2D eigenvalue weighted by Crippen LogP contribution is -2.19. The number of benzene rings is 1. The first-order valence-electron chi connectivity index (χ1n) is 4.48. The minimum Gasteiger partial charge on any atom is -0.257 e. The highest BCUT2D eigenvalue weighted by Crippen LogP contribution is 2.16. The van der Waals surface area contributed by atoms with Crippen molar-refractivity contribution in [1.29, 1.82) is 0 Å². The highest BCUT2D eigenvalue weighted by Gasteiger charge is 2.30. The first kappa shape index (κ1) is 13.7. The SMILES string of the molecule is O=S(=O)(/C=C/c1ccccc1)OCC(F)(F)F. The molecule has 1 rings (SSSR count). The number of hydrogen-bond donors (Lipinski definition) is 0. The summed E-state index contributed by atoms with van der Waals surface area (Å²) in [6.07, 6.45) is -3.51. The lowest BCUT2D eigenvalue weighted by Gasteiger charge is -2.05. The first-order chi connectivity index (χ1) is 7.79. The van der Waals surface area contributed by atoms with Crippen molar-refractivity contribution < 1.29 is 25.8 Å². The van der Waals surface area contributed by atoms with Gasteiger partial charge in [0, 0.05) is 0 Å². The van der Waals surface area contributed by atoms with Crippen molar-refractivity contribution in [3.8, 4) is 0 Å². The van der Waals surface area contributed by atoms with Gasteiger partial charge in [-0.05, 0) is 11.6 Å². The maximum atomic E-state index is 11.7. The predicted molar refractivity (Wildman–Crippen MR) is 56.4 cm³/mol.